The van der Waals surface area contributed by atoms with Crippen molar-refractivity contribution in [3.63, 3.8) is 0 Å². The highest BCUT2D eigenvalue weighted by atomic mass is 16.5. The molecule has 5 nitrogen and oxygen atoms in total. The Morgan fingerprint density at radius 1 is 1.47 bits per heavy atom. The average Bonchev–Trinajstić information content (AvgIpc) is 2.59. The van der Waals surface area contributed by atoms with Crippen LogP contribution in [0.4, 0.5) is 11.5 Å². The molecule has 0 atom stereocenters. The van der Waals surface area contributed by atoms with Crippen LogP contribution in [0.5, 0.6) is 0 Å². The van der Waals surface area contributed by atoms with Crippen LogP contribution in [0.3, 0.4) is 0 Å². The van der Waals surface area contributed by atoms with Gasteiger partial charge in [0.2, 0.25) is 0 Å². The van der Waals surface area contributed by atoms with Gasteiger partial charge in [-0.1, -0.05) is 6.92 Å². The number of anilines is 2. The lowest BCUT2D eigenvalue weighted by atomic mass is 10.1. The lowest BCUT2D eigenvalue weighted by molar-refractivity contribution is 0.0903. The van der Waals surface area contributed by atoms with E-state index in [9.17, 15) is 0 Å². The monoisotopic (exact) mass is 238 g/mol. The molecule has 0 aromatic carbocycles. The summed E-state index contributed by atoms with van der Waals surface area (Å²) in [5.74, 6) is 0.983. The van der Waals surface area contributed by atoms with Crippen molar-refractivity contribution < 1.29 is 4.74 Å². The molecule has 96 valence electrons. The van der Waals surface area contributed by atoms with Gasteiger partial charge in [-0.15, -0.1) is 0 Å². The summed E-state index contributed by atoms with van der Waals surface area (Å²) in [4.78, 5) is 0. The summed E-state index contributed by atoms with van der Waals surface area (Å²) in [6, 6.07) is 0.456. The number of ether oxygens (including phenoxy) is 1. The number of nitrogen functional groups attached to an aromatic ring is 1. The summed E-state index contributed by atoms with van der Waals surface area (Å²) >= 11 is 0. The first-order valence-corrected chi connectivity index (χ1v) is 6.39. The van der Waals surface area contributed by atoms with E-state index in [2.05, 4.69) is 17.3 Å². The number of nitrogens with one attached hydrogen (secondary N) is 1. The van der Waals surface area contributed by atoms with Crippen molar-refractivity contribution in [2.75, 3.05) is 24.3 Å². The Balaban J connectivity index is 2.12. The molecular weight excluding hydrogens is 216 g/mol. The molecule has 0 saturated carbocycles. The van der Waals surface area contributed by atoms with Crippen molar-refractivity contribution in [2.45, 2.75) is 45.7 Å². The first kappa shape index (κ1) is 12.2. The lowest BCUT2D eigenvalue weighted by Gasteiger charge is -2.24. The van der Waals surface area contributed by atoms with E-state index in [0.29, 0.717) is 6.04 Å². The van der Waals surface area contributed by atoms with Crippen LogP contribution in [-0.4, -0.2) is 29.0 Å². The van der Waals surface area contributed by atoms with Gasteiger partial charge in [-0.05, 0) is 26.2 Å². The molecule has 0 unspecified atom stereocenters. The number of hydrogen-bond acceptors (Lipinski definition) is 4. The van der Waals surface area contributed by atoms with Crippen LogP contribution in [0.15, 0.2) is 0 Å². The Morgan fingerprint density at radius 2 is 2.18 bits per heavy atom. The molecule has 0 radical (unpaired) electrons. The molecule has 0 aliphatic carbocycles. The van der Waals surface area contributed by atoms with Crippen LogP contribution in [0.2, 0.25) is 0 Å². The lowest BCUT2D eigenvalue weighted by Crippen LogP contribution is -2.29. The summed E-state index contributed by atoms with van der Waals surface area (Å²) < 4.78 is 7.34. The normalized spacial score (nSPS) is 17.3. The van der Waals surface area contributed by atoms with Gasteiger partial charge < -0.3 is 15.8 Å². The number of aryl methyl sites for hydroxylation is 2. The second kappa shape index (κ2) is 5.40. The van der Waals surface area contributed by atoms with E-state index in [0.717, 1.165) is 56.2 Å². The van der Waals surface area contributed by atoms with Crippen molar-refractivity contribution in [1.29, 1.82) is 0 Å². The Kier molecular flexibility index (Phi) is 3.89. The van der Waals surface area contributed by atoms with Gasteiger partial charge in [0, 0.05) is 25.8 Å². The van der Waals surface area contributed by atoms with Crippen molar-refractivity contribution in [1.82, 2.24) is 9.78 Å². The minimum atomic E-state index is 0.456. The van der Waals surface area contributed by atoms with E-state index in [1.807, 2.05) is 11.6 Å². The zero-order chi connectivity index (χ0) is 12.3. The zero-order valence-corrected chi connectivity index (χ0v) is 10.7. The van der Waals surface area contributed by atoms with Crippen LogP contribution in [-0.2, 0) is 11.3 Å². The third-order valence-corrected chi connectivity index (χ3v) is 3.17. The van der Waals surface area contributed by atoms with Gasteiger partial charge in [0.1, 0.15) is 5.82 Å². The fraction of sp³-hybridized carbons (Fsp3) is 0.750. The predicted octanol–water partition coefficient (Wildman–Crippen LogP) is 1.77. The third-order valence-electron chi connectivity index (χ3n) is 3.17. The van der Waals surface area contributed by atoms with Crippen LogP contribution in [0.1, 0.15) is 31.9 Å². The molecule has 2 heterocycles. The third kappa shape index (κ3) is 2.72. The summed E-state index contributed by atoms with van der Waals surface area (Å²) in [5, 5.41) is 7.98. The van der Waals surface area contributed by atoms with Gasteiger partial charge in [-0.25, -0.2) is 4.68 Å². The highest BCUT2D eigenvalue weighted by Crippen LogP contribution is 2.25. The van der Waals surface area contributed by atoms with Gasteiger partial charge in [0.05, 0.1) is 11.4 Å². The van der Waals surface area contributed by atoms with Crippen molar-refractivity contribution in [3.8, 4) is 0 Å². The van der Waals surface area contributed by atoms with Crippen molar-refractivity contribution >= 4 is 11.5 Å². The second-order valence-electron chi connectivity index (χ2n) is 4.60. The Labute approximate surface area is 102 Å². The van der Waals surface area contributed by atoms with Gasteiger partial charge in [-0.2, -0.15) is 5.10 Å². The summed E-state index contributed by atoms with van der Waals surface area (Å²) in [6.45, 7) is 6.67. The predicted molar refractivity (Wildman–Crippen MR) is 69.1 cm³/mol. The fourth-order valence-electron chi connectivity index (χ4n) is 2.16. The molecule has 1 aromatic heterocycles. The van der Waals surface area contributed by atoms with E-state index >= 15 is 0 Å². The standard InChI is InChI=1S/C12H22N4O/c1-3-6-16-12(11(13)9(2)15-16)14-10-4-7-17-8-5-10/h10,14H,3-8,13H2,1-2H3. The fourth-order valence-corrected chi connectivity index (χ4v) is 2.16. The molecule has 1 aliphatic rings. The Hall–Kier alpha value is -1.23. The van der Waals surface area contributed by atoms with E-state index in [-0.39, 0.29) is 0 Å². The molecule has 17 heavy (non-hydrogen) atoms. The van der Waals surface area contributed by atoms with E-state index in [4.69, 9.17) is 10.5 Å². The minimum Gasteiger partial charge on any atom is -0.394 e. The minimum absolute atomic E-state index is 0.456. The maximum atomic E-state index is 6.07. The van der Waals surface area contributed by atoms with Crippen LogP contribution in [0.25, 0.3) is 0 Å². The number of rotatable bonds is 4. The molecule has 5 heteroatoms. The molecule has 2 rings (SSSR count). The molecular formula is C12H22N4O. The highest BCUT2D eigenvalue weighted by molar-refractivity contribution is 5.65. The van der Waals surface area contributed by atoms with Crippen LogP contribution >= 0.6 is 0 Å². The number of aromatic nitrogens is 2. The molecule has 0 bridgehead atoms. The molecule has 0 amide bonds. The topological polar surface area (TPSA) is 65.1 Å². The second-order valence-corrected chi connectivity index (χ2v) is 4.60. The van der Waals surface area contributed by atoms with Gasteiger partial charge in [0.15, 0.2) is 0 Å². The highest BCUT2D eigenvalue weighted by Gasteiger charge is 2.18. The van der Waals surface area contributed by atoms with Gasteiger partial charge in [-0.3, -0.25) is 0 Å². The number of hydrogen-bond donors (Lipinski definition) is 2. The maximum absolute atomic E-state index is 6.07. The SMILES string of the molecule is CCCn1nc(C)c(N)c1NC1CCOCC1. The zero-order valence-electron chi connectivity index (χ0n) is 10.7. The first-order valence-electron chi connectivity index (χ1n) is 6.39. The van der Waals surface area contributed by atoms with E-state index < -0.39 is 0 Å². The Bertz CT molecular complexity index is 369. The van der Waals surface area contributed by atoms with Gasteiger partial charge in [0.25, 0.3) is 0 Å². The molecule has 3 N–H and O–H groups in total. The summed E-state index contributed by atoms with van der Waals surface area (Å²) in [6.07, 6.45) is 3.13. The molecule has 1 aromatic rings. The molecule has 0 spiro atoms. The van der Waals surface area contributed by atoms with E-state index in [1.54, 1.807) is 0 Å². The Morgan fingerprint density at radius 3 is 2.82 bits per heavy atom. The average molecular weight is 238 g/mol. The number of nitrogens with zero attached hydrogens (tertiary/aromatic N) is 2. The molecule has 1 aliphatic heterocycles. The van der Waals surface area contributed by atoms with Crippen LogP contribution in [0, 0.1) is 6.92 Å². The first-order chi connectivity index (χ1) is 8.22. The summed E-state index contributed by atoms with van der Waals surface area (Å²) in [5.41, 5.74) is 7.77. The van der Waals surface area contributed by atoms with Crippen molar-refractivity contribution in [3.05, 3.63) is 5.69 Å². The van der Waals surface area contributed by atoms with Crippen LogP contribution < -0.4 is 11.1 Å². The largest absolute Gasteiger partial charge is 0.394 e. The summed E-state index contributed by atoms with van der Waals surface area (Å²) in [7, 11) is 0. The number of nitrogens with two attached hydrogens (primary N) is 1. The quantitative estimate of drug-likeness (QED) is 0.839. The smallest absolute Gasteiger partial charge is 0.148 e. The molecule has 1 saturated heterocycles. The maximum Gasteiger partial charge on any atom is 0.148 e. The molecule has 1 fully saturated rings. The van der Waals surface area contributed by atoms with Crippen molar-refractivity contribution in [2.24, 2.45) is 0 Å². The van der Waals surface area contributed by atoms with Gasteiger partial charge >= 0.3 is 0 Å². The van der Waals surface area contributed by atoms with E-state index in [1.165, 1.54) is 0 Å².